The van der Waals surface area contributed by atoms with Crippen LogP contribution in [0.5, 0.6) is 0 Å². The fourth-order valence-corrected chi connectivity index (χ4v) is 3.71. The van der Waals surface area contributed by atoms with Crippen molar-refractivity contribution in [2.24, 2.45) is 0 Å². The van der Waals surface area contributed by atoms with Crippen LogP contribution in [0.2, 0.25) is 0 Å². The van der Waals surface area contributed by atoms with Crippen LogP contribution in [0.3, 0.4) is 0 Å². The number of ether oxygens (including phenoxy) is 1. The summed E-state index contributed by atoms with van der Waals surface area (Å²) in [5, 5.41) is 1.55. The molecule has 0 aliphatic carbocycles. The summed E-state index contributed by atoms with van der Waals surface area (Å²) >= 11 is 1.43. The average Bonchev–Trinajstić information content (AvgIpc) is 3.28. The van der Waals surface area contributed by atoms with Crippen molar-refractivity contribution in [3.63, 3.8) is 0 Å². The van der Waals surface area contributed by atoms with Crippen LogP contribution in [0.15, 0.2) is 53.9 Å². The van der Waals surface area contributed by atoms with Crippen LogP contribution in [0.1, 0.15) is 26.4 Å². The van der Waals surface area contributed by atoms with Gasteiger partial charge in [-0.15, -0.1) is 0 Å². The molecule has 0 unspecified atom stereocenters. The number of esters is 1. The van der Waals surface area contributed by atoms with Crippen LogP contribution in [0, 0.1) is 6.92 Å². The van der Waals surface area contributed by atoms with Crippen LogP contribution < -0.4 is 0 Å². The standard InChI is InChI=1S/C20H17N3O3S/c1-12-6-5-7-14-17(12)13(10-21-14)16(24)11-26-19(25)18-15-8-3-4-9-23(15)20(22-18)27-2/h3-10,21H,11H2,1-2H3. The van der Waals surface area contributed by atoms with E-state index in [2.05, 4.69) is 9.97 Å². The van der Waals surface area contributed by atoms with Crippen LogP contribution in [-0.4, -0.2) is 39.0 Å². The molecule has 0 fully saturated rings. The molecule has 136 valence electrons. The smallest absolute Gasteiger partial charge is 0.359 e. The van der Waals surface area contributed by atoms with Crippen molar-refractivity contribution in [3.8, 4) is 0 Å². The Hall–Kier alpha value is -3.06. The van der Waals surface area contributed by atoms with E-state index < -0.39 is 5.97 Å². The number of carbonyl (C=O) groups excluding carboxylic acids is 2. The maximum absolute atomic E-state index is 12.6. The van der Waals surface area contributed by atoms with Crippen molar-refractivity contribution in [3.05, 3.63) is 65.6 Å². The molecule has 0 aliphatic rings. The molecule has 0 saturated carbocycles. The number of aromatic nitrogens is 3. The molecule has 6 nitrogen and oxygen atoms in total. The van der Waals surface area contributed by atoms with Crippen molar-refractivity contribution >= 4 is 39.9 Å². The van der Waals surface area contributed by atoms with Gasteiger partial charge in [-0.2, -0.15) is 0 Å². The molecule has 0 bridgehead atoms. The summed E-state index contributed by atoms with van der Waals surface area (Å²) in [6.07, 6.45) is 5.39. The Bertz CT molecular complexity index is 1180. The zero-order valence-corrected chi connectivity index (χ0v) is 15.7. The van der Waals surface area contributed by atoms with Crippen molar-refractivity contribution < 1.29 is 14.3 Å². The first kappa shape index (κ1) is 17.4. The van der Waals surface area contributed by atoms with E-state index in [1.165, 1.54) is 11.8 Å². The molecular weight excluding hydrogens is 362 g/mol. The van der Waals surface area contributed by atoms with Gasteiger partial charge in [-0.05, 0) is 36.9 Å². The number of benzene rings is 1. The van der Waals surface area contributed by atoms with E-state index in [0.717, 1.165) is 16.5 Å². The summed E-state index contributed by atoms with van der Waals surface area (Å²) in [4.78, 5) is 32.6. The lowest BCUT2D eigenvalue weighted by Gasteiger charge is -2.04. The summed E-state index contributed by atoms with van der Waals surface area (Å²) in [6.45, 7) is 1.61. The summed E-state index contributed by atoms with van der Waals surface area (Å²) in [7, 11) is 0. The fourth-order valence-electron chi connectivity index (χ4n) is 3.17. The van der Waals surface area contributed by atoms with Crippen LogP contribution >= 0.6 is 11.8 Å². The Morgan fingerprint density at radius 1 is 1.22 bits per heavy atom. The topological polar surface area (TPSA) is 76.5 Å². The Balaban J connectivity index is 1.57. The van der Waals surface area contributed by atoms with Gasteiger partial charge in [-0.3, -0.25) is 9.20 Å². The predicted octanol–water partition coefficient (Wildman–Crippen LogP) is 3.89. The van der Waals surface area contributed by atoms with Gasteiger partial charge in [0, 0.05) is 28.9 Å². The van der Waals surface area contributed by atoms with Crippen LogP contribution in [0.25, 0.3) is 16.4 Å². The number of imidazole rings is 1. The van der Waals surface area contributed by atoms with Crippen molar-refractivity contribution in [2.45, 2.75) is 12.1 Å². The molecule has 3 aromatic heterocycles. The van der Waals surface area contributed by atoms with E-state index in [4.69, 9.17) is 4.74 Å². The Kier molecular flexibility index (Phi) is 4.45. The molecule has 27 heavy (non-hydrogen) atoms. The second-order valence-corrected chi connectivity index (χ2v) is 6.88. The lowest BCUT2D eigenvalue weighted by molar-refractivity contribution is 0.0471. The van der Waals surface area contributed by atoms with Crippen LogP contribution in [-0.2, 0) is 4.74 Å². The maximum atomic E-state index is 12.6. The Morgan fingerprint density at radius 2 is 2.07 bits per heavy atom. The molecule has 4 aromatic rings. The molecule has 0 saturated heterocycles. The SMILES string of the molecule is CSc1nc(C(=O)OCC(=O)c2c[nH]c3cccc(C)c23)c2ccccn12. The minimum absolute atomic E-state index is 0.211. The number of Topliss-reactive ketones (excluding diaryl/α,β-unsaturated/α-hetero) is 1. The highest BCUT2D eigenvalue weighted by atomic mass is 32.2. The summed E-state index contributed by atoms with van der Waals surface area (Å²) < 4.78 is 7.11. The number of hydrogen-bond donors (Lipinski definition) is 1. The van der Waals surface area contributed by atoms with Gasteiger partial charge in [0.1, 0.15) is 0 Å². The molecule has 0 radical (unpaired) electrons. The van der Waals surface area contributed by atoms with Gasteiger partial charge in [0.15, 0.2) is 17.5 Å². The van der Waals surface area contributed by atoms with E-state index in [9.17, 15) is 9.59 Å². The first-order chi connectivity index (χ1) is 13.1. The molecule has 1 N–H and O–H groups in total. The number of ketones is 1. The second kappa shape index (κ2) is 6.92. The number of hydrogen-bond acceptors (Lipinski definition) is 5. The number of thioether (sulfide) groups is 1. The monoisotopic (exact) mass is 379 g/mol. The number of nitrogens with one attached hydrogen (secondary N) is 1. The summed E-state index contributed by atoms with van der Waals surface area (Å²) in [6, 6.07) is 11.3. The molecule has 0 atom stereocenters. The lowest BCUT2D eigenvalue weighted by atomic mass is 10.1. The number of aromatic amines is 1. The van der Waals surface area contributed by atoms with Gasteiger partial charge in [0.25, 0.3) is 0 Å². The normalized spacial score (nSPS) is 11.2. The van der Waals surface area contributed by atoms with Gasteiger partial charge in [-0.25, -0.2) is 9.78 Å². The predicted molar refractivity (Wildman–Crippen MR) is 105 cm³/mol. The quantitative estimate of drug-likeness (QED) is 0.323. The number of nitrogens with zero attached hydrogens (tertiary/aromatic N) is 2. The summed E-state index contributed by atoms with van der Waals surface area (Å²) in [5.41, 5.74) is 3.27. The molecular formula is C20H17N3O3S. The zero-order chi connectivity index (χ0) is 19.0. The van der Waals surface area contributed by atoms with E-state index in [1.54, 1.807) is 12.3 Å². The minimum Gasteiger partial charge on any atom is -0.452 e. The third-order valence-corrected chi connectivity index (χ3v) is 5.09. The molecule has 0 amide bonds. The number of H-pyrrole nitrogens is 1. The number of carbonyl (C=O) groups is 2. The third kappa shape index (κ3) is 3.00. The van der Waals surface area contributed by atoms with Gasteiger partial charge in [-0.1, -0.05) is 30.0 Å². The highest BCUT2D eigenvalue weighted by Crippen LogP contribution is 2.23. The lowest BCUT2D eigenvalue weighted by Crippen LogP contribution is -2.14. The second-order valence-electron chi connectivity index (χ2n) is 6.10. The van der Waals surface area contributed by atoms with Gasteiger partial charge < -0.3 is 9.72 Å². The number of fused-ring (bicyclic) bond motifs is 2. The van der Waals surface area contributed by atoms with Crippen LogP contribution in [0.4, 0.5) is 0 Å². The number of rotatable bonds is 5. The van der Waals surface area contributed by atoms with Gasteiger partial charge in [0.05, 0.1) is 5.52 Å². The van der Waals surface area contributed by atoms with Gasteiger partial charge >= 0.3 is 5.97 Å². The van der Waals surface area contributed by atoms with Crippen molar-refractivity contribution in [1.29, 1.82) is 0 Å². The Morgan fingerprint density at radius 3 is 2.89 bits per heavy atom. The summed E-state index contributed by atoms with van der Waals surface area (Å²) in [5.74, 6) is -0.860. The molecule has 0 aliphatic heterocycles. The maximum Gasteiger partial charge on any atom is 0.359 e. The third-order valence-electron chi connectivity index (χ3n) is 4.44. The van der Waals surface area contributed by atoms with E-state index in [-0.39, 0.29) is 18.1 Å². The average molecular weight is 379 g/mol. The fraction of sp³-hybridized carbons (Fsp3) is 0.150. The van der Waals surface area contributed by atoms with E-state index >= 15 is 0 Å². The Labute approximate surface area is 159 Å². The van der Waals surface area contributed by atoms with Crippen molar-refractivity contribution in [2.75, 3.05) is 12.9 Å². The van der Waals surface area contributed by atoms with E-state index in [0.29, 0.717) is 16.2 Å². The highest BCUT2D eigenvalue weighted by molar-refractivity contribution is 7.98. The number of aryl methyl sites for hydroxylation is 1. The molecule has 0 spiro atoms. The molecule has 7 heteroatoms. The molecule has 3 heterocycles. The largest absolute Gasteiger partial charge is 0.452 e. The number of pyridine rings is 1. The van der Waals surface area contributed by atoms with E-state index in [1.807, 2.05) is 54.1 Å². The van der Waals surface area contributed by atoms with Gasteiger partial charge in [0.2, 0.25) is 5.78 Å². The molecule has 1 aromatic carbocycles. The zero-order valence-electron chi connectivity index (χ0n) is 14.9. The first-order valence-corrected chi connectivity index (χ1v) is 9.60. The minimum atomic E-state index is -0.607. The van der Waals surface area contributed by atoms with Crippen molar-refractivity contribution in [1.82, 2.24) is 14.4 Å². The first-order valence-electron chi connectivity index (χ1n) is 8.38. The molecule has 4 rings (SSSR count). The highest BCUT2D eigenvalue weighted by Gasteiger charge is 2.21.